The fourth-order valence-electron chi connectivity index (χ4n) is 2.32. The smallest absolute Gasteiger partial charge is 0.267 e. The first-order valence-electron chi connectivity index (χ1n) is 5.91. The van der Waals surface area contributed by atoms with E-state index in [0.717, 1.165) is 6.42 Å². The van der Waals surface area contributed by atoms with Crippen LogP contribution < -0.4 is 11.1 Å². The van der Waals surface area contributed by atoms with Gasteiger partial charge in [0.05, 0.1) is 0 Å². The summed E-state index contributed by atoms with van der Waals surface area (Å²) in [6.45, 7) is 2.20. The summed E-state index contributed by atoms with van der Waals surface area (Å²) in [5.41, 5.74) is 6.72. The number of nitrogens with one attached hydrogen (secondary N) is 2. The summed E-state index contributed by atoms with van der Waals surface area (Å²) in [6, 6.07) is 1.98. The summed E-state index contributed by atoms with van der Waals surface area (Å²) in [6.07, 6.45) is 6.42. The number of aromatic amines is 1. The van der Waals surface area contributed by atoms with Gasteiger partial charge in [0.1, 0.15) is 5.69 Å². The van der Waals surface area contributed by atoms with Crippen LogP contribution in [0, 0.1) is 5.92 Å². The Kier molecular flexibility index (Phi) is 3.17. The van der Waals surface area contributed by atoms with Crippen LogP contribution in [0.15, 0.2) is 12.3 Å². The van der Waals surface area contributed by atoms with Crippen molar-refractivity contribution in [1.29, 1.82) is 0 Å². The number of carbonyl (C=O) groups is 1. The van der Waals surface area contributed by atoms with Crippen molar-refractivity contribution in [3.8, 4) is 0 Å². The second kappa shape index (κ2) is 4.60. The van der Waals surface area contributed by atoms with Crippen molar-refractivity contribution in [2.75, 3.05) is 5.73 Å². The van der Waals surface area contributed by atoms with Gasteiger partial charge in [-0.1, -0.05) is 19.8 Å². The molecule has 16 heavy (non-hydrogen) atoms. The van der Waals surface area contributed by atoms with E-state index in [4.69, 9.17) is 5.73 Å². The number of aromatic nitrogens is 1. The van der Waals surface area contributed by atoms with Crippen LogP contribution in [0.5, 0.6) is 0 Å². The van der Waals surface area contributed by atoms with E-state index in [-0.39, 0.29) is 5.91 Å². The maximum atomic E-state index is 11.9. The molecule has 88 valence electrons. The van der Waals surface area contributed by atoms with Crippen molar-refractivity contribution in [2.45, 2.75) is 38.6 Å². The Balaban J connectivity index is 1.96. The van der Waals surface area contributed by atoms with Gasteiger partial charge in [-0.2, -0.15) is 0 Å². The minimum atomic E-state index is -0.0459. The number of hydrogen-bond acceptors (Lipinski definition) is 2. The first-order chi connectivity index (χ1) is 7.66. The van der Waals surface area contributed by atoms with Gasteiger partial charge in [0, 0.05) is 17.9 Å². The molecule has 0 spiro atoms. The van der Waals surface area contributed by atoms with Crippen LogP contribution in [-0.4, -0.2) is 16.9 Å². The van der Waals surface area contributed by atoms with Crippen molar-refractivity contribution in [3.05, 3.63) is 18.0 Å². The van der Waals surface area contributed by atoms with Gasteiger partial charge < -0.3 is 16.0 Å². The van der Waals surface area contributed by atoms with E-state index in [1.807, 2.05) is 0 Å². The molecular weight excluding hydrogens is 202 g/mol. The van der Waals surface area contributed by atoms with Crippen LogP contribution in [0.4, 0.5) is 5.69 Å². The van der Waals surface area contributed by atoms with E-state index in [2.05, 4.69) is 17.2 Å². The van der Waals surface area contributed by atoms with Gasteiger partial charge in [0.2, 0.25) is 0 Å². The molecule has 1 aliphatic rings. The lowest BCUT2D eigenvalue weighted by molar-refractivity contribution is 0.0906. The van der Waals surface area contributed by atoms with Gasteiger partial charge in [0.25, 0.3) is 5.91 Å². The Morgan fingerprint density at radius 1 is 1.50 bits per heavy atom. The lowest BCUT2D eigenvalue weighted by atomic mass is 9.86. The zero-order chi connectivity index (χ0) is 11.5. The van der Waals surface area contributed by atoms with Gasteiger partial charge in [-0.25, -0.2) is 0 Å². The predicted octanol–water partition coefficient (Wildman–Crippen LogP) is 1.91. The van der Waals surface area contributed by atoms with Crippen molar-refractivity contribution in [1.82, 2.24) is 10.3 Å². The molecule has 2 unspecified atom stereocenters. The highest BCUT2D eigenvalue weighted by Gasteiger charge is 2.23. The molecule has 0 aromatic carbocycles. The highest BCUT2D eigenvalue weighted by atomic mass is 16.1. The van der Waals surface area contributed by atoms with Crippen molar-refractivity contribution in [3.63, 3.8) is 0 Å². The highest BCUT2D eigenvalue weighted by molar-refractivity contribution is 5.93. The third-order valence-electron chi connectivity index (χ3n) is 3.38. The van der Waals surface area contributed by atoms with E-state index in [1.54, 1.807) is 12.3 Å². The van der Waals surface area contributed by atoms with Crippen LogP contribution in [0.2, 0.25) is 0 Å². The number of hydrogen-bond donors (Lipinski definition) is 3. The lowest BCUT2D eigenvalue weighted by Gasteiger charge is -2.29. The van der Waals surface area contributed by atoms with Gasteiger partial charge in [-0.3, -0.25) is 4.79 Å². The molecule has 4 nitrogen and oxygen atoms in total. The molecule has 2 rings (SSSR count). The lowest BCUT2D eigenvalue weighted by Crippen LogP contribution is -2.41. The molecule has 1 aromatic rings. The number of carbonyl (C=O) groups excluding carboxylic acids is 1. The van der Waals surface area contributed by atoms with Crippen LogP contribution >= 0.6 is 0 Å². The molecule has 1 heterocycles. The Hall–Kier alpha value is -1.45. The molecule has 2 atom stereocenters. The number of anilines is 1. The first kappa shape index (κ1) is 11.0. The number of H-pyrrole nitrogens is 1. The zero-order valence-electron chi connectivity index (χ0n) is 9.62. The molecule has 4 heteroatoms. The molecule has 1 fully saturated rings. The van der Waals surface area contributed by atoms with E-state index >= 15 is 0 Å². The number of rotatable bonds is 2. The normalized spacial score (nSPS) is 25.3. The summed E-state index contributed by atoms with van der Waals surface area (Å²) >= 11 is 0. The number of nitrogens with two attached hydrogens (primary N) is 1. The molecule has 0 radical (unpaired) electrons. The van der Waals surface area contributed by atoms with Gasteiger partial charge in [-0.15, -0.1) is 0 Å². The van der Waals surface area contributed by atoms with E-state index in [9.17, 15) is 4.79 Å². The largest absolute Gasteiger partial charge is 0.397 e. The third kappa shape index (κ3) is 2.38. The molecule has 1 saturated carbocycles. The quantitative estimate of drug-likeness (QED) is 0.713. The predicted molar refractivity (Wildman–Crippen MR) is 64.1 cm³/mol. The van der Waals surface area contributed by atoms with Crippen molar-refractivity contribution in [2.24, 2.45) is 5.92 Å². The Bertz CT molecular complexity index is 372. The Morgan fingerprint density at radius 3 is 2.88 bits per heavy atom. The first-order valence-corrected chi connectivity index (χ1v) is 5.91. The maximum absolute atomic E-state index is 11.9. The SMILES string of the molecule is CC1CCCCC1NC(=O)c1cc(N)c[nH]1. The van der Waals surface area contributed by atoms with Crippen molar-refractivity contribution >= 4 is 11.6 Å². The summed E-state index contributed by atoms with van der Waals surface area (Å²) < 4.78 is 0. The summed E-state index contributed by atoms with van der Waals surface area (Å²) in [4.78, 5) is 14.7. The van der Waals surface area contributed by atoms with Crippen molar-refractivity contribution < 1.29 is 4.79 Å². The Morgan fingerprint density at radius 2 is 2.25 bits per heavy atom. The molecule has 4 N–H and O–H groups in total. The van der Waals surface area contributed by atoms with Crippen LogP contribution in [-0.2, 0) is 0 Å². The fourth-order valence-corrected chi connectivity index (χ4v) is 2.32. The summed E-state index contributed by atoms with van der Waals surface area (Å²) in [5.74, 6) is 0.528. The highest BCUT2D eigenvalue weighted by Crippen LogP contribution is 2.23. The van der Waals surface area contributed by atoms with Gasteiger partial charge in [-0.05, 0) is 24.8 Å². The van der Waals surface area contributed by atoms with E-state index in [0.29, 0.717) is 23.3 Å². The van der Waals surface area contributed by atoms with Crippen LogP contribution in [0.1, 0.15) is 43.1 Å². The average molecular weight is 221 g/mol. The van der Waals surface area contributed by atoms with Crippen LogP contribution in [0.3, 0.4) is 0 Å². The second-order valence-corrected chi connectivity index (χ2v) is 4.69. The van der Waals surface area contributed by atoms with Gasteiger partial charge in [0.15, 0.2) is 0 Å². The Labute approximate surface area is 95.6 Å². The van der Waals surface area contributed by atoms with E-state index in [1.165, 1.54) is 19.3 Å². The maximum Gasteiger partial charge on any atom is 0.267 e. The molecular formula is C12H19N3O. The topological polar surface area (TPSA) is 70.9 Å². The standard InChI is InChI=1S/C12H19N3O/c1-8-4-2-3-5-10(8)15-12(16)11-6-9(13)7-14-11/h6-8,10,14H,2-5,13H2,1H3,(H,15,16). The number of nitrogen functional groups attached to an aromatic ring is 1. The molecule has 0 aliphatic heterocycles. The minimum absolute atomic E-state index is 0.0459. The number of amides is 1. The van der Waals surface area contributed by atoms with E-state index < -0.39 is 0 Å². The minimum Gasteiger partial charge on any atom is -0.397 e. The molecule has 1 aliphatic carbocycles. The monoisotopic (exact) mass is 221 g/mol. The molecule has 0 bridgehead atoms. The van der Waals surface area contributed by atoms with Gasteiger partial charge >= 0.3 is 0 Å². The molecule has 1 amide bonds. The zero-order valence-corrected chi connectivity index (χ0v) is 9.62. The fraction of sp³-hybridized carbons (Fsp3) is 0.583. The second-order valence-electron chi connectivity index (χ2n) is 4.69. The summed E-state index contributed by atoms with van der Waals surface area (Å²) in [7, 11) is 0. The summed E-state index contributed by atoms with van der Waals surface area (Å²) in [5, 5.41) is 3.07. The molecule has 0 saturated heterocycles. The van der Waals surface area contributed by atoms with Crippen LogP contribution in [0.25, 0.3) is 0 Å². The third-order valence-corrected chi connectivity index (χ3v) is 3.38. The average Bonchev–Trinajstić information content (AvgIpc) is 2.68. The molecule has 1 aromatic heterocycles.